The van der Waals surface area contributed by atoms with Crippen LogP contribution in [0.25, 0.3) is 10.9 Å². The van der Waals surface area contributed by atoms with E-state index in [2.05, 4.69) is 19.2 Å². The third kappa shape index (κ3) is 4.83. The predicted octanol–water partition coefficient (Wildman–Crippen LogP) is 3.93. The van der Waals surface area contributed by atoms with Gasteiger partial charge in [-0.1, -0.05) is 27.2 Å². The Morgan fingerprint density at radius 2 is 1.86 bits per heavy atom. The van der Waals surface area contributed by atoms with E-state index in [1.165, 1.54) is 0 Å². The van der Waals surface area contributed by atoms with E-state index in [0.29, 0.717) is 36.9 Å². The monoisotopic (exact) mass is 419 g/mol. The highest BCUT2D eigenvalue weighted by atomic mass is 32.2. The highest BCUT2D eigenvalue weighted by molar-refractivity contribution is 7.89. The number of piperidine rings is 1. The van der Waals surface area contributed by atoms with Gasteiger partial charge in [0.25, 0.3) is 0 Å². The van der Waals surface area contributed by atoms with E-state index in [1.54, 1.807) is 16.4 Å². The predicted molar refractivity (Wildman–Crippen MR) is 116 cm³/mol. The number of benzene rings is 1. The maximum atomic E-state index is 13.0. The van der Waals surface area contributed by atoms with Crippen LogP contribution >= 0.6 is 0 Å². The van der Waals surface area contributed by atoms with Crippen molar-refractivity contribution in [2.24, 2.45) is 5.92 Å². The molecular weight excluding hydrogens is 386 g/mol. The number of sulfonamides is 1. The molecule has 1 aliphatic rings. The number of amides is 1. The van der Waals surface area contributed by atoms with Crippen LogP contribution in [0.15, 0.2) is 35.4 Å². The molecule has 0 aliphatic carbocycles. The molecule has 0 unspecified atom stereocenters. The van der Waals surface area contributed by atoms with E-state index in [1.807, 2.05) is 29.8 Å². The van der Waals surface area contributed by atoms with Crippen molar-refractivity contribution in [2.75, 3.05) is 19.6 Å². The number of carbonyl (C=O) groups is 1. The smallest absolute Gasteiger partial charge is 0.243 e. The lowest BCUT2D eigenvalue weighted by Crippen LogP contribution is -2.35. The third-order valence-corrected chi connectivity index (χ3v) is 7.59. The summed E-state index contributed by atoms with van der Waals surface area (Å²) in [6.07, 6.45) is 6.44. The molecule has 2 heterocycles. The van der Waals surface area contributed by atoms with Gasteiger partial charge in [0.15, 0.2) is 0 Å². The van der Waals surface area contributed by atoms with Gasteiger partial charge in [0.05, 0.1) is 4.90 Å². The average molecular weight is 420 g/mol. The molecule has 1 aromatic carbocycles. The lowest BCUT2D eigenvalue weighted by Gasteiger charge is -2.26. The Morgan fingerprint density at radius 3 is 2.52 bits per heavy atom. The number of hydrogen-bond acceptors (Lipinski definition) is 3. The number of nitrogens with one attached hydrogen (secondary N) is 1. The minimum absolute atomic E-state index is 0.00987. The molecule has 3 rings (SSSR count). The van der Waals surface area contributed by atoms with Crippen molar-refractivity contribution in [2.45, 2.75) is 63.8 Å². The second-order valence-corrected chi connectivity index (χ2v) is 10.2. The Labute approximate surface area is 174 Å². The molecule has 0 bridgehead atoms. The molecule has 160 valence electrons. The lowest BCUT2D eigenvalue weighted by atomic mass is 10.1. The molecule has 1 saturated heterocycles. The summed E-state index contributed by atoms with van der Waals surface area (Å²) in [5, 5.41) is 3.88. The molecule has 1 aliphatic heterocycles. The van der Waals surface area contributed by atoms with Gasteiger partial charge >= 0.3 is 0 Å². The highest BCUT2D eigenvalue weighted by Crippen LogP contribution is 2.27. The minimum atomic E-state index is -3.46. The van der Waals surface area contributed by atoms with Gasteiger partial charge in [0, 0.05) is 36.7 Å². The zero-order chi connectivity index (χ0) is 21.0. The van der Waals surface area contributed by atoms with Crippen LogP contribution in [0.3, 0.4) is 0 Å². The molecule has 1 fully saturated rings. The summed E-state index contributed by atoms with van der Waals surface area (Å²) in [4.78, 5) is 13.0. The first-order chi connectivity index (χ1) is 13.8. The molecule has 1 atom stereocenters. The number of hydrogen-bond donors (Lipinski definition) is 1. The van der Waals surface area contributed by atoms with Crippen LogP contribution in [0.2, 0.25) is 0 Å². The Morgan fingerprint density at radius 1 is 1.14 bits per heavy atom. The number of fused-ring (bicyclic) bond motifs is 1. The van der Waals surface area contributed by atoms with Gasteiger partial charge in [-0.15, -0.1) is 0 Å². The molecule has 0 spiro atoms. The topological polar surface area (TPSA) is 71.4 Å². The van der Waals surface area contributed by atoms with Gasteiger partial charge in [-0.05, 0) is 55.9 Å². The molecule has 7 heteroatoms. The van der Waals surface area contributed by atoms with Gasteiger partial charge in [-0.2, -0.15) is 4.31 Å². The summed E-state index contributed by atoms with van der Waals surface area (Å²) in [6, 6.07) is 6.83. The summed E-state index contributed by atoms with van der Waals surface area (Å²) in [5.74, 6) is 0.554. The summed E-state index contributed by atoms with van der Waals surface area (Å²) in [5.41, 5.74) is 0.883. The Bertz CT molecular complexity index is 943. The van der Waals surface area contributed by atoms with Crippen LogP contribution in [-0.2, 0) is 14.8 Å². The second kappa shape index (κ2) is 9.30. The maximum absolute atomic E-state index is 13.0. The number of rotatable bonds is 8. The van der Waals surface area contributed by atoms with Crippen molar-refractivity contribution in [1.29, 1.82) is 0 Å². The molecule has 2 aromatic rings. The minimum Gasteiger partial charge on any atom is -0.354 e. The molecule has 0 saturated carbocycles. The van der Waals surface area contributed by atoms with Crippen LogP contribution in [0, 0.1) is 5.92 Å². The van der Waals surface area contributed by atoms with Crippen molar-refractivity contribution in [1.82, 2.24) is 14.2 Å². The Kier molecular flexibility index (Phi) is 7.01. The van der Waals surface area contributed by atoms with Crippen LogP contribution in [0.5, 0.6) is 0 Å². The molecular formula is C22H33N3O3S. The van der Waals surface area contributed by atoms with Crippen molar-refractivity contribution in [3.05, 3.63) is 30.5 Å². The fraction of sp³-hybridized carbons (Fsp3) is 0.591. The fourth-order valence-corrected chi connectivity index (χ4v) is 5.49. The van der Waals surface area contributed by atoms with Gasteiger partial charge < -0.3 is 9.88 Å². The normalized spacial score (nSPS) is 17.0. The molecule has 1 N–H and O–H groups in total. The van der Waals surface area contributed by atoms with E-state index in [-0.39, 0.29) is 11.9 Å². The molecule has 29 heavy (non-hydrogen) atoms. The van der Waals surface area contributed by atoms with Crippen molar-refractivity contribution in [3.63, 3.8) is 0 Å². The van der Waals surface area contributed by atoms with Gasteiger partial charge in [0.2, 0.25) is 15.9 Å². The summed E-state index contributed by atoms with van der Waals surface area (Å²) in [7, 11) is -3.46. The number of nitrogens with zero attached hydrogens (tertiary/aromatic N) is 2. The van der Waals surface area contributed by atoms with Crippen molar-refractivity contribution in [3.8, 4) is 0 Å². The Balaban J connectivity index is 1.83. The zero-order valence-electron chi connectivity index (χ0n) is 17.7. The first-order valence-electron chi connectivity index (χ1n) is 10.7. The van der Waals surface area contributed by atoms with Crippen LogP contribution in [-0.4, -0.2) is 42.8 Å². The van der Waals surface area contributed by atoms with E-state index >= 15 is 0 Å². The number of aromatic nitrogens is 1. The molecule has 0 radical (unpaired) electrons. The first kappa shape index (κ1) is 21.8. The summed E-state index contributed by atoms with van der Waals surface area (Å²) >= 11 is 0. The van der Waals surface area contributed by atoms with Gasteiger partial charge in [-0.25, -0.2) is 8.42 Å². The zero-order valence-corrected chi connectivity index (χ0v) is 18.5. The SMILES string of the molecule is CC[C@H](C(=O)NCCC(C)C)n1ccc2cc(S(=O)(=O)N3CCCCC3)ccc21. The van der Waals surface area contributed by atoms with E-state index < -0.39 is 10.0 Å². The van der Waals surface area contributed by atoms with E-state index in [4.69, 9.17) is 0 Å². The molecule has 1 amide bonds. The third-order valence-electron chi connectivity index (χ3n) is 5.69. The standard InChI is InChI=1S/C22H33N3O3S/c1-4-20(22(26)23-12-10-17(2)3)25-15-11-18-16-19(8-9-21(18)25)29(27,28)24-13-6-5-7-14-24/h8-9,11,15-17,20H,4-7,10,12-14H2,1-3H3,(H,23,26)/t20-/m1/s1. The van der Waals surface area contributed by atoms with Crippen molar-refractivity contribution >= 4 is 26.8 Å². The first-order valence-corrected chi connectivity index (χ1v) is 12.2. The van der Waals surface area contributed by atoms with Crippen molar-refractivity contribution < 1.29 is 13.2 Å². The van der Waals surface area contributed by atoms with Gasteiger partial charge in [-0.3, -0.25) is 4.79 Å². The fourth-order valence-electron chi connectivity index (χ4n) is 3.94. The molecule has 6 nitrogen and oxygen atoms in total. The second-order valence-electron chi connectivity index (χ2n) is 8.31. The maximum Gasteiger partial charge on any atom is 0.243 e. The van der Waals surface area contributed by atoms with Crippen LogP contribution in [0.4, 0.5) is 0 Å². The average Bonchev–Trinajstić information content (AvgIpc) is 3.12. The van der Waals surface area contributed by atoms with Crippen LogP contribution in [0.1, 0.15) is 58.9 Å². The number of carbonyl (C=O) groups excluding carboxylic acids is 1. The van der Waals surface area contributed by atoms with E-state index in [9.17, 15) is 13.2 Å². The highest BCUT2D eigenvalue weighted by Gasteiger charge is 2.27. The molecule has 1 aromatic heterocycles. The van der Waals surface area contributed by atoms with Gasteiger partial charge in [0.1, 0.15) is 6.04 Å². The summed E-state index contributed by atoms with van der Waals surface area (Å²) in [6.45, 7) is 8.13. The Hall–Kier alpha value is -1.86. The summed E-state index contributed by atoms with van der Waals surface area (Å²) < 4.78 is 29.5. The largest absolute Gasteiger partial charge is 0.354 e. The lowest BCUT2D eigenvalue weighted by molar-refractivity contribution is -0.124. The quantitative estimate of drug-likeness (QED) is 0.705. The van der Waals surface area contributed by atoms with Crippen LogP contribution < -0.4 is 5.32 Å². The van der Waals surface area contributed by atoms with E-state index in [0.717, 1.165) is 36.6 Å².